The van der Waals surface area contributed by atoms with Crippen molar-refractivity contribution in [1.29, 1.82) is 0 Å². The van der Waals surface area contributed by atoms with Crippen LogP contribution in [0.3, 0.4) is 0 Å². The molecule has 3 aromatic rings. The van der Waals surface area contributed by atoms with Crippen LogP contribution in [0.5, 0.6) is 5.75 Å². The fraction of sp³-hybridized carbons (Fsp3) is 0.280. The molecule has 1 aliphatic rings. The Balaban J connectivity index is 1.34. The Morgan fingerprint density at radius 2 is 1.41 bits per heavy atom. The van der Waals surface area contributed by atoms with Gasteiger partial charge in [-0.25, -0.2) is 0 Å². The largest absolute Gasteiger partial charge is 0.497 e. The highest BCUT2D eigenvalue weighted by atomic mass is 16.5. The Bertz CT molecular complexity index is 853. The van der Waals surface area contributed by atoms with E-state index in [4.69, 9.17) is 9.47 Å². The van der Waals surface area contributed by atoms with E-state index < -0.39 is 0 Å². The van der Waals surface area contributed by atoms with Crippen molar-refractivity contribution in [2.24, 2.45) is 11.8 Å². The second kappa shape index (κ2) is 7.98. The van der Waals surface area contributed by atoms with E-state index in [9.17, 15) is 0 Å². The molecule has 0 saturated heterocycles. The monoisotopic (exact) mass is 358 g/mol. The van der Waals surface area contributed by atoms with E-state index in [1.54, 1.807) is 7.11 Å². The summed E-state index contributed by atoms with van der Waals surface area (Å²) >= 11 is 0. The second-order valence-electron chi connectivity index (χ2n) is 7.40. The van der Waals surface area contributed by atoms with Crippen molar-refractivity contribution in [3.63, 3.8) is 0 Å². The molecule has 138 valence electrons. The van der Waals surface area contributed by atoms with Gasteiger partial charge in [0.15, 0.2) is 0 Å². The number of hydrogen-bond donors (Lipinski definition) is 0. The van der Waals surface area contributed by atoms with E-state index in [0.717, 1.165) is 12.4 Å². The van der Waals surface area contributed by atoms with Crippen LogP contribution in [0.4, 0.5) is 0 Å². The molecule has 0 amide bonds. The average Bonchev–Trinajstić information content (AvgIpc) is 3.38. The first-order valence-electron chi connectivity index (χ1n) is 9.62. The van der Waals surface area contributed by atoms with Crippen molar-refractivity contribution in [3.8, 4) is 16.9 Å². The summed E-state index contributed by atoms with van der Waals surface area (Å²) in [4.78, 5) is 0. The summed E-state index contributed by atoms with van der Waals surface area (Å²) in [6.45, 7) is 3.87. The predicted molar refractivity (Wildman–Crippen MR) is 110 cm³/mol. The zero-order valence-electron chi connectivity index (χ0n) is 16.0. The molecule has 0 N–H and O–H groups in total. The molecule has 0 unspecified atom stereocenters. The molecule has 0 heterocycles. The number of benzene rings is 3. The summed E-state index contributed by atoms with van der Waals surface area (Å²) in [7, 11) is 1.70. The third-order valence-corrected chi connectivity index (χ3v) is 5.70. The summed E-state index contributed by atoms with van der Waals surface area (Å²) < 4.78 is 11.2. The minimum atomic E-state index is 0.616. The summed E-state index contributed by atoms with van der Waals surface area (Å²) in [6.07, 6.45) is 0. The van der Waals surface area contributed by atoms with Gasteiger partial charge in [0.05, 0.1) is 20.3 Å². The normalized spacial score (nSPS) is 21.0. The first kappa shape index (κ1) is 17.8. The van der Waals surface area contributed by atoms with Crippen LogP contribution >= 0.6 is 0 Å². The minimum absolute atomic E-state index is 0.616. The van der Waals surface area contributed by atoms with Gasteiger partial charge in [-0.15, -0.1) is 0 Å². The Labute approximate surface area is 161 Å². The van der Waals surface area contributed by atoms with Crippen LogP contribution in [-0.2, 0) is 11.3 Å². The lowest BCUT2D eigenvalue weighted by Crippen LogP contribution is -1.99. The van der Waals surface area contributed by atoms with E-state index in [1.807, 2.05) is 18.2 Å². The van der Waals surface area contributed by atoms with Crippen molar-refractivity contribution < 1.29 is 9.47 Å². The molecular weight excluding hydrogens is 332 g/mol. The van der Waals surface area contributed by atoms with Gasteiger partial charge in [-0.3, -0.25) is 0 Å². The third-order valence-electron chi connectivity index (χ3n) is 5.70. The molecule has 3 aromatic carbocycles. The van der Waals surface area contributed by atoms with Crippen molar-refractivity contribution in [3.05, 3.63) is 90.0 Å². The van der Waals surface area contributed by atoms with Crippen LogP contribution in [-0.4, -0.2) is 13.7 Å². The van der Waals surface area contributed by atoms with Gasteiger partial charge in [0, 0.05) is 0 Å². The highest BCUT2D eigenvalue weighted by molar-refractivity contribution is 5.64. The van der Waals surface area contributed by atoms with Gasteiger partial charge in [0.25, 0.3) is 0 Å². The van der Waals surface area contributed by atoms with Crippen LogP contribution in [0.25, 0.3) is 11.1 Å². The maximum Gasteiger partial charge on any atom is 0.118 e. The van der Waals surface area contributed by atoms with Crippen LogP contribution in [0, 0.1) is 11.8 Å². The Morgan fingerprint density at radius 1 is 0.778 bits per heavy atom. The number of rotatable bonds is 7. The zero-order valence-corrected chi connectivity index (χ0v) is 16.0. The maximum atomic E-state index is 5.97. The molecule has 0 aliphatic heterocycles. The first-order chi connectivity index (χ1) is 13.3. The molecule has 2 heteroatoms. The molecular formula is C25H26O2. The quantitative estimate of drug-likeness (QED) is 0.521. The molecule has 27 heavy (non-hydrogen) atoms. The fourth-order valence-electron chi connectivity index (χ4n) is 3.92. The third kappa shape index (κ3) is 4.06. The van der Waals surface area contributed by atoms with E-state index in [0.29, 0.717) is 24.4 Å². The summed E-state index contributed by atoms with van der Waals surface area (Å²) in [5.41, 5.74) is 5.12. The van der Waals surface area contributed by atoms with E-state index in [-0.39, 0.29) is 0 Å². The lowest BCUT2D eigenvalue weighted by molar-refractivity contribution is 0.107. The fourth-order valence-corrected chi connectivity index (χ4v) is 3.92. The van der Waals surface area contributed by atoms with Gasteiger partial charge in [0.1, 0.15) is 5.75 Å². The smallest absolute Gasteiger partial charge is 0.118 e. The van der Waals surface area contributed by atoms with Gasteiger partial charge in [-0.1, -0.05) is 73.7 Å². The minimum Gasteiger partial charge on any atom is -0.497 e. The van der Waals surface area contributed by atoms with Gasteiger partial charge < -0.3 is 9.47 Å². The number of ether oxygens (including phenoxy) is 2. The Hall–Kier alpha value is -2.58. The summed E-state index contributed by atoms with van der Waals surface area (Å²) in [6, 6.07) is 27.6. The molecule has 0 bridgehead atoms. The molecule has 0 aromatic heterocycles. The Morgan fingerprint density at radius 3 is 2.04 bits per heavy atom. The van der Waals surface area contributed by atoms with Crippen LogP contribution in [0.1, 0.15) is 24.0 Å². The van der Waals surface area contributed by atoms with Crippen molar-refractivity contribution in [2.75, 3.05) is 13.7 Å². The van der Waals surface area contributed by atoms with Crippen molar-refractivity contribution >= 4 is 0 Å². The zero-order chi connectivity index (χ0) is 18.6. The van der Waals surface area contributed by atoms with E-state index in [2.05, 4.69) is 67.6 Å². The maximum absolute atomic E-state index is 5.97. The highest BCUT2D eigenvalue weighted by Gasteiger charge is 2.47. The van der Waals surface area contributed by atoms with E-state index in [1.165, 1.54) is 22.3 Å². The summed E-state index contributed by atoms with van der Waals surface area (Å²) in [5.74, 6) is 2.82. The summed E-state index contributed by atoms with van der Waals surface area (Å²) in [5, 5.41) is 0. The van der Waals surface area contributed by atoms with Crippen LogP contribution in [0.15, 0.2) is 78.9 Å². The van der Waals surface area contributed by atoms with Gasteiger partial charge in [0.2, 0.25) is 0 Å². The number of hydrogen-bond acceptors (Lipinski definition) is 2. The van der Waals surface area contributed by atoms with Crippen molar-refractivity contribution in [2.45, 2.75) is 19.4 Å². The van der Waals surface area contributed by atoms with Gasteiger partial charge in [-0.2, -0.15) is 0 Å². The Kier molecular flexibility index (Phi) is 5.26. The molecule has 4 rings (SSSR count). The molecule has 1 saturated carbocycles. The second-order valence-corrected chi connectivity index (χ2v) is 7.40. The lowest BCUT2D eigenvalue weighted by Gasteiger charge is -2.07. The molecule has 3 atom stereocenters. The first-order valence-corrected chi connectivity index (χ1v) is 9.62. The molecule has 2 nitrogen and oxygen atoms in total. The van der Waals surface area contributed by atoms with Gasteiger partial charge in [-0.05, 0) is 52.1 Å². The lowest BCUT2D eigenvalue weighted by atomic mass is 10.0. The van der Waals surface area contributed by atoms with Crippen molar-refractivity contribution in [1.82, 2.24) is 0 Å². The standard InChI is InChI=1S/C25H26O2/c1-18-24(17-27-16-19-6-4-3-5-7-19)25(18)22-10-8-20(9-11-22)21-12-14-23(26-2)15-13-21/h3-15,18,24-25H,16-17H2,1-2H3/t18-,24-,25+/m0/s1. The topological polar surface area (TPSA) is 18.5 Å². The van der Waals surface area contributed by atoms with Crippen LogP contribution in [0.2, 0.25) is 0 Å². The van der Waals surface area contributed by atoms with Gasteiger partial charge >= 0.3 is 0 Å². The SMILES string of the molecule is COc1ccc(-c2ccc([C@H]3[C@@H](C)[C@@H]3COCc3ccccc3)cc2)cc1. The molecule has 0 spiro atoms. The molecule has 1 fully saturated rings. The van der Waals surface area contributed by atoms with E-state index >= 15 is 0 Å². The highest BCUT2D eigenvalue weighted by Crippen LogP contribution is 2.53. The predicted octanol–water partition coefficient (Wildman–Crippen LogP) is 5.93. The average molecular weight is 358 g/mol. The molecule has 1 aliphatic carbocycles. The van der Waals surface area contributed by atoms with Crippen LogP contribution < -0.4 is 4.74 Å². The number of methoxy groups -OCH3 is 1. The molecule has 0 radical (unpaired) electrons.